The number of carboxylic acid groups (broad SMARTS) is 1. The molecule has 5 rings (SSSR count). The van der Waals surface area contributed by atoms with Gasteiger partial charge in [0, 0.05) is 31.9 Å². The topological polar surface area (TPSA) is 43.8 Å². The molecule has 0 atom stereocenters. The first-order valence-corrected chi connectivity index (χ1v) is 11.7. The first kappa shape index (κ1) is 20.8. The molecule has 1 aliphatic carbocycles. The van der Waals surface area contributed by atoms with Gasteiger partial charge in [0.25, 0.3) is 0 Å². The van der Waals surface area contributed by atoms with Crippen LogP contribution in [0.1, 0.15) is 30.4 Å². The van der Waals surface area contributed by atoms with Crippen LogP contribution in [-0.4, -0.2) is 48.7 Å². The second kappa shape index (κ2) is 8.79. The van der Waals surface area contributed by atoms with Crippen molar-refractivity contribution < 1.29 is 9.90 Å². The Kier molecular flexibility index (Phi) is 5.71. The van der Waals surface area contributed by atoms with Crippen molar-refractivity contribution in [3.05, 3.63) is 90.0 Å². The number of anilines is 1. The maximum atomic E-state index is 12.7. The van der Waals surface area contributed by atoms with Crippen LogP contribution >= 0.6 is 0 Å². The van der Waals surface area contributed by atoms with Crippen molar-refractivity contribution in [2.24, 2.45) is 0 Å². The lowest BCUT2D eigenvalue weighted by molar-refractivity contribution is -0.142. The number of carboxylic acids is 1. The van der Waals surface area contributed by atoms with Gasteiger partial charge in [0.15, 0.2) is 0 Å². The maximum Gasteiger partial charge on any atom is 0.318 e. The number of piperazine rings is 1. The van der Waals surface area contributed by atoms with Gasteiger partial charge in [-0.15, -0.1) is 0 Å². The molecule has 1 fully saturated rings. The van der Waals surface area contributed by atoms with Gasteiger partial charge in [-0.05, 0) is 53.8 Å². The summed E-state index contributed by atoms with van der Waals surface area (Å²) in [5, 5.41) is 10.4. The quantitative estimate of drug-likeness (QED) is 0.538. The molecular weight excluding hydrogens is 396 g/mol. The van der Waals surface area contributed by atoms with Crippen LogP contribution in [-0.2, 0) is 10.2 Å². The molecule has 164 valence electrons. The summed E-state index contributed by atoms with van der Waals surface area (Å²) >= 11 is 0. The van der Waals surface area contributed by atoms with Crippen LogP contribution < -0.4 is 4.90 Å². The zero-order valence-electron chi connectivity index (χ0n) is 18.4. The van der Waals surface area contributed by atoms with E-state index in [-0.39, 0.29) is 0 Å². The summed E-state index contributed by atoms with van der Waals surface area (Å²) in [7, 11) is 0. The van der Waals surface area contributed by atoms with Crippen LogP contribution in [0.25, 0.3) is 11.1 Å². The van der Waals surface area contributed by atoms with Crippen molar-refractivity contribution in [2.45, 2.75) is 24.7 Å². The highest BCUT2D eigenvalue weighted by molar-refractivity contribution is 5.97. The minimum absolute atomic E-state index is 0.639. The standard InChI is InChI=1S/C28H30N2O2/c31-27(32)28(25-14-6-4-12-23(25)24-13-5-7-15-26(24)28)16-8-9-17-29-18-20-30(21-19-29)22-10-2-1-3-11-22/h1-7,10-15H,8-9,16-21H2,(H,31,32). The fourth-order valence-corrected chi connectivity index (χ4v) is 5.53. The first-order valence-electron chi connectivity index (χ1n) is 11.7. The van der Waals surface area contributed by atoms with E-state index in [0.717, 1.165) is 67.8 Å². The van der Waals surface area contributed by atoms with Crippen LogP contribution in [0.15, 0.2) is 78.9 Å². The number of unbranched alkanes of at least 4 members (excludes halogenated alkanes) is 1. The molecule has 0 amide bonds. The molecule has 1 N–H and O–H groups in total. The van der Waals surface area contributed by atoms with Crippen molar-refractivity contribution in [1.29, 1.82) is 0 Å². The number of carbonyl (C=O) groups is 1. The van der Waals surface area contributed by atoms with Crippen molar-refractivity contribution in [3.63, 3.8) is 0 Å². The number of fused-ring (bicyclic) bond motifs is 3. The highest BCUT2D eigenvalue weighted by Crippen LogP contribution is 2.51. The van der Waals surface area contributed by atoms with Crippen LogP contribution in [0.3, 0.4) is 0 Å². The van der Waals surface area contributed by atoms with E-state index in [9.17, 15) is 9.90 Å². The van der Waals surface area contributed by atoms with Crippen LogP contribution in [0.5, 0.6) is 0 Å². The molecule has 0 aromatic heterocycles. The van der Waals surface area contributed by atoms with Gasteiger partial charge < -0.3 is 10.0 Å². The molecule has 4 nitrogen and oxygen atoms in total. The van der Waals surface area contributed by atoms with E-state index in [4.69, 9.17) is 0 Å². The SMILES string of the molecule is O=C(O)C1(CCCCN2CCN(c3ccccc3)CC2)c2ccccc2-c2ccccc21. The van der Waals surface area contributed by atoms with Gasteiger partial charge >= 0.3 is 5.97 Å². The Balaban J connectivity index is 1.22. The fraction of sp³-hybridized carbons (Fsp3) is 0.321. The van der Waals surface area contributed by atoms with Gasteiger partial charge in [-0.1, -0.05) is 73.2 Å². The van der Waals surface area contributed by atoms with Crippen molar-refractivity contribution in [2.75, 3.05) is 37.6 Å². The van der Waals surface area contributed by atoms with E-state index in [2.05, 4.69) is 52.3 Å². The van der Waals surface area contributed by atoms with E-state index >= 15 is 0 Å². The third-order valence-corrected chi connectivity index (χ3v) is 7.20. The molecule has 2 aliphatic rings. The summed E-state index contributed by atoms with van der Waals surface area (Å²) in [6, 6.07) is 26.7. The monoisotopic (exact) mass is 426 g/mol. The van der Waals surface area contributed by atoms with Crippen LogP contribution in [0.2, 0.25) is 0 Å². The molecule has 0 unspecified atom stereocenters. The number of nitrogens with zero attached hydrogens (tertiary/aromatic N) is 2. The lowest BCUT2D eigenvalue weighted by Crippen LogP contribution is -2.46. The number of aliphatic carboxylic acids is 1. The lowest BCUT2D eigenvalue weighted by atomic mass is 9.74. The molecule has 1 saturated heterocycles. The number of para-hydroxylation sites is 1. The van der Waals surface area contributed by atoms with Crippen LogP contribution in [0.4, 0.5) is 5.69 Å². The Labute approximate surface area is 190 Å². The Morgan fingerprint density at radius 2 is 1.31 bits per heavy atom. The third-order valence-electron chi connectivity index (χ3n) is 7.20. The van der Waals surface area contributed by atoms with E-state index in [1.165, 1.54) is 5.69 Å². The molecule has 4 heteroatoms. The maximum absolute atomic E-state index is 12.7. The van der Waals surface area contributed by atoms with Crippen molar-refractivity contribution in [1.82, 2.24) is 4.90 Å². The van der Waals surface area contributed by atoms with Gasteiger partial charge in [-0.2, -0.15) is 0 Å². The van der Waals surface area contributed by atoms with E-state index in [1.807, 2.05) is 36.4 Å². The molecular formula is C28H30N2O2. The smallest absolute Gasteiger partial charge is 0.318 e. The zero-order chi connectivity index (χ0) is 22.0. The number of rotatable bonds is 7. The van der Waals surface area contributed by atoms with E-state index < -0.39 is 11.4 Å². The number of hydrogen-bond donors (Lipinski definition) is 1. The normalized spacial score (nSPS) is 17.1. The molecule has 0 spiro atoms. The van der Waals surface area contributed by atoms with Crippen molar-refractivity contribution >= 4 is 11.7 Å². The second-order valence-electron chi connectivity index (χ2n) is 8.92. The minimum atomic E-state index is -0.931. The molecule has 0 radical (unpaired) electrons. The lowest BCUT2D eigenvalue weighted by Gasteiger charge is -2.36. The Hall–Kier alpha value is -3.11. The molecule has 0 bridgehead atoms. The van der Waals surface area contributed by atoms with Crippen molar-refractivity contribution in [3.8, 4) is 11.1 Å². The summed E-state index contributed by atoms with van der Waals surface area (Å²) in [4.78, 5) is 17.7. The van der Waals surface area contributed by atoms with E-state index in [1.54, 1.807) is 0 Å². The third kappa shape index (κ3) is 3.59. The minimum Gasteiger partial charge on any atom is -0.480 e. The highest BCUT2D eigenvalue weighted by Gasteiger charge is 2.48. The predicted molar refractivity (Wildman–Crippen MR) is 129 cm³/mol. The number of hydrogen-bond acceptors (Lipinski definition) is 3. The van der Waals surface area contributed by atoms with Gasteiger partial charge in [-0.25, -0.2) is 0 Å². The average Bonchev–Trinajstić information content (AvgIpc) is 3.14. The molecule has 3 aromatic rings. The molecule has 0 saturated carbocycles. The van der Waals surface area contributed by atoms with Gasteiger partial charge in [-0.3, -0.25) is 9.69 Å². The Morgan fingerprint density at radius 3 is 1.91 bits per heavy atom. The van der Waals surface area contributed by atoms with Gasteiger partial charge in [0.2, 0.25) is 0 Å². The second-order valence-corrected chi connectivity index (χ2v) is 8.92. The largest absolute Gasteiger partial charge is 0.480 e. The summed E-state index contributed by atoms with van der Waals surface area (Å²) in [6.45, 7) is 5.24. The van der Waals surface area contributed by atoms with Gasteiger partial charge in [0.1, 0.15) is 5.41 Å². The summed E-state index contributed by atoms with van der Waals surface area (Å²) in [5.74, 6) is -0.730. The molecule has 1 heterocycles. The zero-order valence-corrected chi connectivity index (χ0v) is 18.4. The summed E-state index contributed by atoms with van der Waals surface area (Å²) < 4.78 is 0. The molecule has 32 heavy (non-hydrogen) atoms. The molecule has 1 aliphatic heterocycles. The number of benzene rings is 3. The Morgan fingerprint density at radius 1 is 0.750 bits per heavy atom. The van der Waals surface area contributed by atoms with E-state index in [0.29, 0.717) is 6.42 Å². The first-order chi connectivity index (χ1) is 15.7. The Bertz CT molecular complexity index is 1040. The fourth-order valence-electron chi connectivity index (χ4n) is 5.53. The summed E-state index contributed by atoms with van der Waals surface area (Å²) in [6.07, 6.45) is 2.55. The predicted octanol–water partition coefficient (Wildman–Crippen LogP) is 5.03. The molecule has 3 aromatic carbocycles. The average molecular weight is 427 g/mol. The highest BCUT2D eigenvalue weighted by atomic mass is 16.4. The van der Waals surface area contributed by atoms with Gasteiger partial charge in [0.05, 0.1) is 0 Å². The summed E-state index contributed by atoms with van der Waals surface area (Å²) in [5.41, 5.74) is 4.41. The van der Waals surface area contributed by atoms with Crippen LogP contribution in [0, 0.1) is 0 Å².